The minimum atomic E-state index is -0.0367. The lowest BCUT2D eigenvalue weighted by atomic mass is 10.2. The normalized spacial score (nSPS) is 24.8. The lowest BCUT2D eigenvalue weighted by molar-refractivity contribution is -0.00521. The smallest absolute Gasteiger partial charge is 0.113 e. The van der Waals surface area contributed by atoms with Gasteiger partial charge in [-0.2, -0.15) is 0 Å². The summed E-state index contributed by atoms with van der Waals surface area (Å²) in [6.07, 6.45) is 0.544. The number of nitrogens with one attached hydrogen (secondary N) is 1. The molecule has 0 amide bonds. The van der Waals surface area contributed by atoms with Crippen LogP contribution in [0.4, 0.5) is 11.4 Å². The molecule has 0 bridgehead atoms. The molecule has 1 aliphatic heterocycles. The third-order valence-corrected chi connectivity index (χ3v) is 2.94. The van der Waals surface area contributed by atoms with Gasteiger partial charge in [-0.1, -0.05) is 0 Å². The van der Waals surface area contributed by atoms with Crippen molar-refractivity contribution in [2.24, 2.45) is 0 Å². The number of hydrogen-bond donors (Lipinski definition) is 2. The first kappa shape index (κ1) is 12.2. The van der Waals surface area contributed by atoms with Gasteiger partial charge in [0.15, 0.2) is 0 Å². The quantitative estimate of drug-likeness (QED) is 0.783. The highest BCUT2D eigenvalue weighted by Gasteiger charge is 2.22. The van der Waals surface area contributed by atoms with Crippen LogP contribution in [-0.4, -0.2) is 37.1 Å². The molecule has 17 heavy (non-hydrogen) atoms. The maximum absolute atomic E-state index is 8.77. The Morgan fingerprint density at radius 2 is 1.82 bits per heavy atom. The van der Waals surface area contributed by atoms with E-state index in [9.17, 15) is 0 Å². The summed E-state index contributed by atoms with van der Waals surface area (Å²) in [4.78, 5) is 2.33. The molecule has 2 rings (SSSR count). The first-order valence-corrected chi connectivity index (χ1v) is 6.04. The molecule has 0 saturated carbocycles. The lowest BCUT2D eigenvalue weighted by Gasteiger charge is -2.36. The van der Waals surface area contributed by atoms with E-state index < -0.39 is 0 Å². The Morgan fingerprint density at radius 3 is 2.35 bits per heavy atom. The average Bonchev–Trinajstić information content (AvgIpc) is 2.29. The highest BCUT2D eigenvalue weighted by Crippen LogP contribution is 2.22. The number of ether oxygens (including phenoxy) is 1. The fourth-order valence-corrected chi connectivity index (χ4v) is 2.27. The number of aliphatic hydroxyl groups excluding tert-OH is 1. The molecule has 4 heteroatoms. The molecular weight excluding hydrogens is 216 g/mol. The minimum Gasteiger partial charge on any atom is -0.377 e. The van der Waals surface area contributed by atoms with Crippen LogP contribution in [0.2, 0.25) is 0 Å². The predicted octanol–water partition coefficient (Wildman–Crippen LogP) is 1.66. The van der Waals surface area contributed by atoms with E-state index in [4.69, 9.17) is 9.84 Å². The van der Waals surface area contributed by atoms with Crippen molar-refractivity contribution >= 4 is 11.4 Å². The molecule has 0 radical (unpaired) electrons. The van der Waals surface area contributed by atoms with Crippen molar-refractivity contribution in [3.05, 3.63) is 24.3 Å². The molecule has 2 unspecified atom stereocenters. The van der Waals surface area contributed by atoms with Crippen molar-refractivity contribution < 1.29 is 9.84 Å². The van der Waals surface area contributed by atoms with Crippen LogP contribution in [0.15, 0.2) is 24.3 Å². The Hall–Kier alpha value is -1.26. The van der Waals surface area contributed by atoms with E-state index in [1.165, 1.54) is 5.69 Å². The molecule has 1 heterocycles. The zero-order valence-corrected chi connectivity index (χ0v) is 10.4. The van der Waals surface area contributed by atoms with Crippen molar-refractivity contribution in [2.75, 3.05) is 30.0 Å². The summed E-state index contributed by atoms with van der Waals surface area (Å²) in [5.41, 5.74) is 2.14. The Bertz CT molecular complexity index is 343. The van der Waals surface area contributed by atoms with Gasteiger partial charge in [0.1, 0.15) is 6.73 Å². The zero-order valence-electron chi connectivity index (χ0n) is 10.4. The number of aliphatic hydroxyl groups is 1. The Kier molecular flexibility index (Phi) is 3.86. The molecule has 94 valence electrons. The standard InChI is InChI=1S/C13H20N2O2/c1-10-7-15(8-11(2)17-10)13-5-3-12(4-6-13)14-9-16/h3-6,10-11,14,16H,7-9H2,1-2H3. The first-order chi connectivity index (χ1) is 8.19. The van der Waals surface area contributed by atoms with Gasteiger partial charge in [-0.25, -0.2) is 0 Å². The second-order valence-electron chi connectivity index (χ2n) is 4.54. The van der Waals surface area contributed by atoms with E-state index in [1.807, 2.05) is 12.1 Å². The Morgan fingerprint density at radius 1 is 1.24 bits per heavy atom. The molecule has 1 aromatic rings. The van der Waals surface area contributed by atoms with Crippen LogP contribution in [0.3, 0.4) is 0 Å². The van der Waals surface area contributed by atoms with Gasteiger partial charge in [0.2, 0.25) is 0 Å². The lowest BCUT2D eigenvalue weighted by Crippen LogP contribution is -2.45. The molecule has 1 aliphatic rings. The number of nitrogens with zero attached hydrogens (tertiary/aromatic N) is 1. The fourth-order valence-electron chi connectivity index (χ4n) is 2.27. The van der Waals surface area contributed by atoms with Crippen LogP contribution in [0, 0.1) is 0 Å². The van der Waals surface area contributed by atoms with E-state index in [-0.39, 0.29) is 18.9 Å². The third-order valence-electron chi connectivity index (χ3n) is 2.94. The SMILES string of the molecule is CC1CN(c2ccc(NCO)cc2)CC(C)O1. The highest BCUT2D eigenvalue weighted by atomic mass is 16.5. The van der Waals surface area contributed by atoms with Crippen LogP contribution in [0.1, 0.15) is 13.8 Å². The zero-order chi connectivity index (χ0) is 12.3. The summed E-state index contributed by atoms with van der Waals surface area (Å²) in [6, 6.07) is 8.11. The summed E-state index contributed by atoms with van der Waals surface area (Å²) >= 11 is 0. The van der Waals surface area contributed by atoms with Crippen molar-refractivity contribution in [2.45, 2.75) is 26.1 Å². The van der Waals surface area contributed by atoms with Gasteiger partial charge in [0.05, 0.1) is 12.2 Å². The molecule has 2 atom stereocenters. The first-order valence-electron chi connectivity index (χ1n) is 6.04. The van der Waals surface area contributed by atoms with E-state index >= 15 is 0 Å². The third kappa shape index (κ3) is 3.11. The second-order valence-corrected chi connectivity index (χ2v) is 4.54. The van der Waals surface area contributed by atoms with E-state index in [1.54, 1.807) is 0 Å². The molecule has 1 aromatic carbocycles. The number of benzene rings is 1. The van der Waals surface area contributed by atoms with Crippen molar-refractivity contribution in [1.82, 2.24) is 0 Å². The van der Waals surface area contributed by atoms with Crippen molar-refractivity contribution in [1.29, 1.82) is 0 Å². The maximum atomic E-state index is 8.77. The Balaban J connectivity index is 2.06. The monoisotopic (exact) mass is 236 g/mol. The van der Waals surface area contributed by atoms with Gasteiger partial charge < -0.3 is 20.1 Å². The van der Waals surface area contributed by atoms with Crippen molar-refractivity contribution in [3.8, 4) is 0 Å². The van der Waals surface area contributed by atoms with Gasteiger partial charge in [0.25, 0.3) is 0 Å². The summed E-state index contributed by atoms with van der Waals surface area (Å²) in [7, 11) is 0. The molecule has 1 saturated heterocycles. The molecule has 1 fully saturated rings. The molecule has 0 aromatic heterocycles. The highest BCUT2D eigenvalue weighted by molar-refractivity contribution is 5.55. The fraction of sp³-hybridized carbons (Fsp3) is 0.538. The summed E-state index contributed by atoms with van der Waals surface area (Å²) in [6.45, 7) is 6.02. The average molecular weight is 236 g/mol. The molecule has 0 spiro atoms. The van der Waals surface area contributed by atoms with Crippen molar-refractivity contribution in [3.63, 3.8) is 0 Å². The van der Waals surface area contributed by atoms with Gasteiger partial charge in [-0.05, 0) is 38.1 Å². The Labute approximate surface area is 102 Å². The molecule has 4 nitrogen and oxygen atoms in total. The van der Waals surface area contributed by atoms with Crippen LogP contribution < -0.4 is 10.2 Å². The maximum Gasteiger partial charge on any atom is 0.113 e. The van der Waals surface area contributed by atoms with Crippen LogP contribution in [-0.2, 0) is 4.74 Å². The second kappa shape index (κ2) is 5.38. The summed E-state index contributed by atoms with van der Waals surface area (Å²) < 4.78 is 5.71. The number of rotatable bonds is 3. The van der Waals surface area contributed by atoms with Crippen LogP contribution in [0.25, 0.3) is 0 Å². The van der Waals surface area contributed by atoms with Crippen LogP contribution >= 0.6 is 0 Å². The van der Waals surface area contributed by atoms with Gasteiger partial charge in [-0.15, -0.1) is 0 Å². The van der Waals surface area contributed by atoms with Gasteiger partial charge >= 0.3 is 0 Å². The predicted molar refractivity (Wildman–Crippen MR) is 69.4 cm³/mol. The number of hydrogen-bond acceptors (Lipinski definition) is 4. The number of anilines is 2. The topological polar surface area (TPSA) is 44.7 Å². The summed E-state index contributed by atoms with van der Waals surface area (Å²) in [5.74, 6) is 0. The van der Waals surface area contributed by atoms with E-state index in [2.05, 4.69) is 36.2 Å². The van der Waals surface area contributed by atoms with Crippen LogP contribution in [0.5, 0.6) is 0 Å². The van der Waals surface area contributed by atoms with Gasteiger partial charge in [-0.3, -0.25) is 0 Å². The number of morpholine rings is 1. The van der Waals surface area contributed by atoms with Gasteiger partial charge in [0, 0.05) is 24.5 Å². The molecule has 2 N–H and O–H groups in total. The summed E-state index contributed by atoms with van der Waals surface area (Å²) in [5, 5.41) is 11.6. The largest absolute Gasteiger partial charge is 0.377 e. The minimum absolute atomic E-state index is 0.0367. The molecular formula is C13H20N2O2. The molecule has 0 aliphatic carbocycles. The van der Waals surface area contributed by atoms with E-state index in [0.717, 1.165) is 18.8 Å². The van der Waals surface area contributed by atoms with E-state index in [0.29, 0.717) is 0 Å².